The van der Waals surface area contributed by atoms with Gasteiger partial charge in [-0.1, -0.05) is 19.9 Å². The Labute approximate surface area is 105 Å². The van der Waals surface area contributed by atoms with E-state index < -0.39 is 0 Å². The first-order valence-electron chi connectivity index (χ1n) is 6.67. The lowest BCUT2D eigenvalue weighted by molar-refractivity contribution is -0.122. The first kappa shape index (κ1) is 14.2. The molecule has 1 amide bonds. The molecule has 1 fully saturated rings. The van der Waals surface area contributed by atoms with Crippen LogP contribution in [0.1, 0.15) is 40.0 Å². The number of nitrogens with one attached hydrogen (secondary N) is 2. The summed E-state index contributed by atoms with van der Waals surface area (Å²) >= 11 is 0. The molecule has 0 radical (unpaired) electrons. The van der Waals surface area contributed by atoms with Crippen molar-refractivity contribution in [3.05, 3.63) is 12.7 Å². The average Bonchev–Trinajstić information content (AvgIpc) is 2.24. The normalized spacial score (nSPS) is 30.6. The first-order chi connectivity index (χ1) is 8.02. The summed E-state index contributed by atoms with van der Waals surface area (Å²) in [5.74, 6) is 1.59. The van der Waals surface area contributed by atoms with Crippen molar-refractivity contribution >= 4 is 5.91 Å². The topological polar surface area (TPSA) is 41.1 Å². The molecule has 17 heavy (non-hydrogen) atoms. The molecular weight excluding hydrogens is 212 g/mol. The SMILES string of the molecule is C=CCNC(=O)C(C)NC1CC(C)CC(C)C1. The second kappa shape index (κ2) is 6.80. The standard InChI is InChI=1S/C14H26N2O/c1-5-6-15-14(17)12(4)16-13-8-10(2)7-11(3)9-13/h5,10-13,16H,1,6-9H2,2-4H3,(H,15,17). The van der Waals surface area contributed by atoms with Crippen LogP contribution in [0.2, 0.25) is 0 Å². The van der Waals surface area contributed by atoms with Crippen molar-refractivity contribution in [3.8, 4) is 0 Å². The van der Waals surface area contributed by atoms with Gasteiger partial charge in [0.2, 0.25) is 5.91 Å². The van der Waals surface area contributed by atoms with Crippen molar-refractivity contribution in [3.63, 3.8) is 0 Å². The molecule has 2 N–H and O–H groups in total. The molecule has 1 aliphatic carbocycles. The number of amides is 1. The molecule has 1 rings (SSSR count). The Balaban J connectivity index is 2.36. The largest absolute Gasteiger partial charge is 0.351 e. The van der Waals surface area contributed by atoms with Crippen LogP contribution in [0.15, 0.2) is 12.7 Å². The summed E-state index contributed by atoms with van der Waals surface area (Å²) < 4.78 is 0. The maximum atomic E-state index is 11.7. The van der Waals surface area contributed by atoms with Crippen LogP contribution in [-0.4, -0.2) is 24.5 Å². The van der Waals surface area contributed by atoms with E-state index in [1.807, 2.05) is 6.92 Å². The van der Waals surface area contributed by atoms with Crippen LogP contribution in [0, 0.1) is 11.8 Å². The molecule has 0 bridgehead atoms. The molecule has 1 saturated carbocycles. The van der Waals surface area contributed by atoms with Gasteiger partial charge in [0.15, 0.2) is 0 Å². The van der Waals surface area contributed by atoms with E-state index in [2.05, 4.69) is 31.1 Å². The Kier molecular flexibility index (Phi) is 5.69. The second-order valence-electron chi connectivity index (χ2n) is 5.54. The minimum Gasteiger partial charge on any atom is -0.351 e. The molecule has 0 aromatic carbocycles. The smallest absolute Gasteiger partial charge is 0.237 e. The summed E-state index contributed by atoms with van der Waals surface area (Å²) in [7, 11) is 0. The molecule has 3 unspecified atom stereocenters. The fourth-order valence-corrected chi connectivity index (χ4v) is 2.84. The molecule has 0 saturated heterocycles. The van der Waals surface area contributed by atoms with Gasteiger partial charge in [0.25, 0.3) is 0 Å². The molecule has 0 spiro atoms. The van der Waals surface area contributed by atoms with E-state index in [0.717, 1.165) is 11.8 Å². The quantitative estimate of drug-likeness (QED) is 0.720. The van der Waals surface area contributed by atoms with E-state index in [4.69, 9.17) is 0 Å². The van der Waals surface area contributed by atoms with Gasteiger partial charge in [-0.2, -0.15) is 0 Å². The van der Waals surface area contributed by atoms with E-state index in [9.17, 15) is 4.79 Å². The lowest BCUT2D eigenvalue weighted by atomic mass is 9.80. The zero-order chi connectivity index (χ0) is 12.8. The molecular formula is C14H26N2O. The van der Waals surface area contributed by atoms with E-state index in [-0.39, 0.29) is 11.9 Å². The van der Waals surface area contributed by atoms with Gasteiger partial charge in [0.1, 0.15) is 0 Å². The lowest BCUT2D eigenvalue weighted by Crippen LogP contribution is -2.48. The highest BCUT2D eigenvalue weighted by Gasteiger charge is 2.26. The summed E-state index contributed by atoms with van der Waals surface area (Å²) in [6, 6.07) is 0.371. The minimum absolute atomic E-state index is 0.0655. The summed E-state index contributed by atoms with van der Waals surface area (Å²) in [6.45, 7) is 10.7. The van der Waals surface area contributed by atoms with Crippen LogP contribution in [0.5, 0.6) is 0 Å². The van der Waals surface area contributed by atoms with Crippen molar-refractivity contribution in [1.82, 2.24) is 10.6 Å². The Hall–Kier alpha value is -0.830. The average molecular weight is 238 g/mol. The second-order valence-corrected chi connectivity index (χ2v) is 5.54. The fourth-order valence-electron chi connectivity index (χ4n) is 2.84. The van der Waals surface area contributed by atoms with Gasteiger partial charge < -0.3 is 10.6 Å². The first-order valence-corrected chi connectivity index (χ1v) is 6.67. The number of carbonyl (C=O) groups excluding carboxylic acids is 1. The van der Waals surface area contributed by atoms with Crippen LogP contribution in [0.3, 0.4) is 0 Å². The number of carbonyl (C=O) groups is 1. The van der Waals surface area contributed by atoms with Crippen molar-refractivity contribution in [2.45, 2.75) is 52.1 Å². The highest BCUT2D eigenvalue weighted by atomic mass is 16.2. The minimum atomic E-state index is -0.113. The fraction of sp³-hybridized carbons (Fsp3) is 0.786. The van der Waals surface area contributed by atoms with Crippen molar-refractivity contribution < 1.29 is 4.79 Å². The van der Waals surface area contributed by atoms with Crippen LogP contribution < -0.4 is 10.6 Å². The van der Waals surface area contributed by atoms with Crippen LogP contribution in [-0.2, 0) is 4.79 Å². The number of hydrogen-bond acceptors (Lipinski definition) is 2. The summed E-state index contributed by atoms with van der Waals surface area (Å²) in [5.41, 5.74) is 0. The lowest BCUT2D eigenvalue weighted by Gasteiger charge is -2.33. The van der Waals surface area contributed by atoms with Gasteiger partial charge in [0, 0.05) is 12.6 Å². The van der Waals surface area contributed by atoms with E-state index in [1.54, 1.807) is 6.08 Å². The van der Waals surface area contributed by atoms with E-state index >= 15 is 0 Å². The van der Waals surface area contributed by atoms with Crippen molar-refractivity contribution in [1.29, 1.82) is 0 Å². The molecule has 0 aromatic heterocycles. The predicted octanol–water partition coefficient (Wildman–Crippen LogP) is 2.09. The van der Waals surface area contributed by atoms with Crippen LogP contribution in [0.25, 0.3) is 0 Å². The predicted molar refractivity (Wildman–Crippen MR) is 71.8 cm³/mol. The summed E-state index contributed by atoms with van der Waals surface area (Å²) in [4.78, 5) is 11.7. The Morgan fingerprint density at radius 2 is 1.94 bits per heavy atom. The van der Waals surface area contributed by atoms with Gasteiger partial charge in [-0.15, -0.1) is 6.58 Å². The molecule has 0 heterocycles. The zero-order valence-electron chi connectivity index (χ0n) is 11.3. The molecule has 3 atom stereocenters. The molecule has 0 aliphatic heterocycles. The number of hydrogen-bond donors (Lipinski definition) is 2. The maximum Gasteiger partial charge on any atom is 0.237 e. The molecule has 0 aromatic rings. The van der Waals surface area contributed by atoms with Gasteiger partial charge in [-0.3, -0.25) is 4.79 Å². The van der Waals surface area contributed by atoms with Crippen LogP contribution in [0.4, 0.5) is 0 Å². The van der Waals surface area contributed by atoms with Crippen molar-refractivity contribution in [2.24, 2.45) is 11.8 Å². The van der Waals surface area contributed by atoms with Gasteiger partial charge in [-0.05, 0) is 38.0 Å². The highest BCUT2D eigenvalue weighted by Crippen LogP contribution is 2.28. The Morgan fingerprint density at radius 1 is 1.35 bits per heavy atom. The summed E-state index contributed by atoms with van der Waals surface area (Å²) in [5, 5.41) is 6.27. The van der Waals surface area contributed by atoms with Gasteiger partial charge in [0.05, 0.1) is 6.04 Å². The monoisotopic (exact) mass is 238 g/mol. The third-order valence-corrected chi connectivity index (χ3v) is 3.48. The Morgan fingerprint density at radius 3 is 2.47 bits per heavy atom. The highest BCUT2D eigenvalue weighted by molar-refractivity contribution is 5.81. The zero-order valence-corrected chi connectivity index (χ0v) is 11.3. The molecule has 98 valence electrons. The molecule has 1 aliphatic rings. The van der Waals surface area contributed by atoms with E-state index in [1.165, 1.54) is 19.3 Å². The Bertz CT molecular complexity index is 255. The molecule has 3 heteroatoms. The van der Waals surface area contributed by atoms with Crippen LogP contribution >= 0.6 is 0 Å². The summed E-state index contributed by atoms with van der Waals surface area (Å²) in [6.07, 6.45) is 5.39. The van der Waals surface area contributed by atoms with Gasteiger partial charge in [-0.25, -0.2) is 0 Å². The van der Waals surface area contributed by atoms with Gasteiger partial charge >= 0.3 is 0 Å². The third kappa shape index (κ3) is 4.90. The van der Waals surface area contributed by atoms with E-state index in [0.29, 0.717) is 12.6 Å². The third-order valence-electron chi connectivity index (χ3n) is 3.48. The van der Waals surface area contributed by atoms with Crippen molar-refractivity contribution in [2.75, 3.05) is 6.54 Å². The molecule has 3 nitrogen and oxygen atoms in total. The number of rotatable bonds is 5. The maximum absolute atomic E-state index is 11.7.